The Kier molecular flexibility index (Phi) is 6.94. The summed E-state index contributed by atoms with van der Waals surface area (Å²) in [6.45, 7) is 6.40. The van der Waals surface area contributed by atoms with Crippen LogP contribution in [0.2, 0.25) is 0 Å². The second-order valence-electron chi connectivity index (χ2n) is 5.21. The molecule has 0 amide bonds. The van der Waals surface area contributed by atoms with Crippen LogP contribution in [0.4, 0.5) is 11.4 Å². The van der Waals surface area contributed by atoms with Crippen molar-refractivity contribution in [3.8, 4) is 0 Å². The highest BCUT2D eigenvalue weighted by molar-refractivity contribution is 7.89. The van der Waals surface area contributed by atoms with E-state index >= 15 is 0 Å². The maximum Gasteiger partial charge on any atom is 0.240 e. The number of benzene rings is 1. The Morgan fingerprint density at radius 2 is 2.05 bits per heavy atom. The Bertz CT molecular complexity index is 544. The Hall–Kier alpha value is -1.31. The molecule has 4 N–H and O–H groups in total. The van der Waals surface area contributed by atoms with E-state index in [4.69, 9.17) is 10.5 Å². The average Bonchev–Trinajstić information content (AvgIpc) is 2.43. The molecule has 1 aromatic carbocycles. The first-order valence-corrected chi connectivity index (χ1v) is 8.50. The number of nitrogen functional groups attached to an aromatic ring is 1. The SMILES string of the molecule is CNS(=O)(=O)c1ccc(NCCCOCC(C)C)c(N)c1. The molecule has 0 aliphatic heterocycles. The van der Waals surface area contributed by atoms with E-state index in [0.717, 1.165) is 25.3 Å². The van der Waals surface area contributed by atoms with Gasteiger partial charge < -0.3 is 15.8 Å². The van der Waals surface area contributed by atoms with Crippen LogP contribution in [0.5, 0.6) is 0 Å². The molecule has 0 saturated heterocycles. The molecule has 7 heteroatoms. The van der Waals surface area contributed by atoms with Crippen molar-refractivity contribution >= 4 is 21.4 Å². The normalized spacial score (nSPS) is 11.8. The highest BCUT2D eigenvalue weighted by Crippen LogP contribution is 2.22. The monoisotopic (exact) mass is 315 g/mol. The third-order valence-corrected chi connectivity index (χ3v) is 4.25. The van der Waals surface area contributed by atoms with Gasteiger partial charge in [-0.3, -0.25) is 0 Å². The Balaban J connectivity index is 2.47. The van der Waals surface area contributed by atoms with Crippen LogP contribution in [0.25, 0.3) is 0 Å². The maximum absolute atomic E-state index is 11.6. The van der Waals surface area contributed by atoms with Gasteiger partial charge in [-0.15, -0.1) is 0 Å². The Labute approximate surface area is 127 Å². The quantitative estimate of drug-likeness (QED) is 0.476. The van der Waals surface area contributed by atoms with Gasteiger partial charge in [0.2, 0.25) is 10.0 Å². The summed E-state index contributed by atoms with van der Waals surface area (Å²) >= 11 is 0. The van der Waals surface area contributed by atoms with Gasteiger partial charge in [-0.25, -0.2) is 13.1 Å². The number of sulfonamides is 1. The van der Waals surface area contributed by atoms with Crippen LogP contribution in [0.1, 0.15) is 20.3 Å². The van der Waals surface area contributed by atoms with Gasteiger partial charge >= 0.3 is 0 Å². The van der Waals surface area contributed by atoms with Gasteiger partial charge in [-0.2, -0.15) is 0 Å². The summed E-state index contributed by atoms with van der Waals surface area (Å²) < 4.78 is 31.0. The van der Waals surface area contributed by atoms with Crippen LogP contribution in [0, 0.1) is 5.92 Å². The van der Waals surface area contributed by atoms with Gasteiger partial charge in [0.1, 0.15) is 0 Å². The average molecular weight is 315 g/mol. The molecule has 0 spiro atoms. The van der Waals surface area contributed by atoms with E-state index in [9.17, 15) is 8.42 Å². The molecule has 0 atom stereocenters. The highest BCUT2D eigenvalue weighted by atomic mass is 32.2. The van der Waals surface area contributed by atoms with E-state index in [2.05, 4.69) is 23.9 Å². The zero-order valence-electron chi connectivity index (χ0n) is 12.8. The predicted molar refractivity (Wildman–Crippen MR) is 85.9 cm³/mol. The van der Waals surface area contributed by atoms with Gasteiger partial charge in [0, 0.05) is 19.8 Å². The predicted octanol–water partition coefficient (Wildman–Crippen LogP) is 1.65. The standard InChI is InChI=1S/C14H25N3O3S/c1-11(2)10-20-8-4-7-17-14-6-5-12(9-13(14)15)21(18,19)16-3/h5-6,9,11,16-17H,4,7-8,10,15H2,1-3H3. The number of anilines is 2. The molecule has 6 nitrogen and oxygen atoms in total. The first kappa shape index (κ1) is 17.7. The summed E-state index contributed by atoms with van der Waals surface area (Å²) in [7, 11) is -2.09. The Morgan fingerprint density at radius 1 is 1.33 bits per heavy atom. The van der Waals surface area contributed by atoms with Gasteiger partial charge in [0.05, 0.1) is 16.3 Å². The lowest BCUT2D eigenvalue weighted by Gasteiger charge is -2.11. The summed E-state index contributed by atoms with van der Waals surface area (Å²) in [4.78, 5) is 0.160. The molecule has 1 aromatic rings. The number of nitrogens with two attached hydrogens (primary N) is 1. The van der Waals surface area contributed by atoms with Gasteiger partial charge in [-0.1, -0.05) is 13.8 Å². The van der Waals surface area contributed by atoms with E-state index in [1.165, 1.54) is 19.2 Å². The van der Waals surface area contributed by atoms with Gasteiger partial charge in [0.15, 0.2) is 0 Å². The maximum atomic E-state index is 11.6. The molecule has 0 aliphatic carbocycles. The molecule has 0 aromatic heterocycles. The van der Waals surface area contributed by atoms with Crippen LogP contribution in [-0.4, -0.2) is 35.2 Å². The van der Waals surface area contributed by atoms with Crippen molar-refractivity contribution in [3.05, 3.63) is 18.2 Å². The highest BCUT2D eigenvalue weighted by Gasteiger charge is 2.12. The van der Waals surface area contributed by atoms with Crippen molar-refractivity contribution in [1.29, 1.82) is 0 Å². The molecule has 0 saturated carbocycles. The molecule has 0 fully saturated rings. The third-order valence-electron chi connectivity index (χ3n) is 2.83. The summed E-state index contributed by atoms with van der Waals surface area (Å²) in [5.41, 5.74) is 7.01. The molecule has 0 heterocycles. The lowest BCUT2D eigenvalue weighted by molar-refractivity contribution is 0.110. The number of rotatable bonds is 9. The molecule has 21 heavy (non-hydrogen) atoms. The topological polar surface area (TPSA) is 93.5 Å². The fourth-order valence-electron chi connectivity index (χ4n) is 1.70. The zero-order valence-corrected chi connectivity index (χ0v) is 13.7. The first-order valence-electron chi connectivity index (χ1n) is 7.01. The molecule has 120 valence electrons. The van der Waals surface area contributed by atoms with Crippen LogP contribution >= 0.6 is 0 Å². The van der Waals surface area contributed by atoms with Crippen molar-refractivity contribution in [2.45, 2.75) is 25.2 Å². The van der Waals surface area contributed by atoms with Crippen molar-refractivity contribution in [1.82, 2.24) is 4.72 Å². The number of ether oxygens (including phenoxy) is 1. The lowest BCUT2D eigenvalue weighted by Crippen LogP contribution is -2.19. The summed E-state index contributed by atoms with van der Waals surface area (Å²) in [6, 6.07) is 4.65. The Morgan fingerprint density at radius 3 is 2.62 bits per heavy atom. The van der Waals surface area contributed by atoms with E-state index in [0.29, 0.717) is 18.2 Å². The van der Waals surface area contributed by atoms with Crippen LogP contribution in [-0.2, 0) is 14.8 Å². The minimum atomic E-state index is -3.46. The van der Waals surface area contributed by atoms with Gasteiger partial charge in [0.25, 0.3) is 0 Å². The van der Waals surface area contributed by atoms with E-state index in [1.54, 1.807) is 6.07 Å². The smallest absolute Gasteiger partial charge is 0.240 e. The van der Waals surface area contributed by atoms with Crippen LogP contribution < -0.4 is 15.8 Å². The third kappa shape index (κ3) is 5.91. The second-order valence-corrected chi connectivity index (χ2v) is 7.09. The zero-order chi connectivity index (χ0) is 15.9. The van der Waals surface area contributed by atoms with Crippen molar-refractivity contribution in [2.24, 2.45) is 5.92 Å². The number of nitrogens with one attached hydrogen (secondary N) is 2. The molecular weight excluding hydrogens is 290 g/mol. The van der Waals surface area contributed by atoms with Crippen LogP contribution in [0.3, 0.4) is 0 Å². The van der Waals surface area contributed by atoms with E-state index in [-0.39, 0.29) is 4.90 Å². The van der Waals surface area contributed by atoms with Crippen molar-refractivity contribution in [2.75, 3.05) is 37.9 Å². The van der Waals surface area contributed by atoms with E-state index in [1.807, 2.05) is 0 Å². The van der Waals surface area contributed by atoms with Crippen molar-refractivity contribution in [3.63, 3.8) is 0 Å². The molecule has 0 aliphatic rings. The number of hydrogen-bond acceptors (Lipinski definition) is 5. The molecular formula is C14H25N3O3S. The van der Waals surface area contributed by atoms with Crippen LogP contribution in [0.15, 0.2) is 23.1 Å². The second kappa shape index (κ2) is 8.21. The molecule has 0 bridgehead atoms. The van der Waals surface area contributed by atoms with E-state index < -0.39 is 10.0 Å². The van der Waals surface area contributed by atoms with Crippen molar-refractivity contribution < 1.29 is 13.2 Å². The fraction of sp³-hybridized carbons (Fsp3) is 0.571. The number of hydrogen-bond donors (Lipinski definition) is 3. The molecule has 1 rings (SSSR count). The lowest BCUT2D eigenvalue weighted by atomic mass is 10.2. The fourth-order valence-corrected chi connectivity index (χ4v) is 2.47. The summed E-state index contributed by atoms with van der Waals surface area (Å²) in [5, 5.41) is 3.18. The molecule has 0 unspecified atom stereocenters. The summed E-state index contributed by atoms with van der Waals surface area (Å²) in [6.07, 6.45) is 0.864. The first-order chi connectivity index (χ1) is 9.86. The molecule has 0 radical (unpaired) electrons. The minimum absolute atomic E-state index is 0.160. The minimum Gasteiger partial charge on any atom is -0.397 e. The van der Waals surface area contributed by atoms with Gasteiger partial charge in [-0.05, 0) is 37.6 Å². The summed E-state index contributed by atoms with van der Waals surface area (Å²) in [5.74, 6) is 0.537. The largest absolute Gasteiger partial charge is 0.397 e.